The minimum Gasteiger partial charge on any atom is -0.477 e. The predicted octanol–water partition coefficient (Wildman–Crippen LogP) is 2.77. The van der Waals surface area contributed by atoms with Crippen molar-refractivity contribution >= 4 is 28.8 Å². The Morgan fingerprint density at radius 1 is 1.32 bits per heavy atom. The Morgan fingerprint density at radius 3 is 2.92 bits per heavy atom. The highest BCUT2D eigenvalue weighted by molar-refractivity contribution is 7.14. The number of para-hydroxylation sites is 2. The molecule has 1 aromatic heterocycles. The molecule has 4 rings (SSSR count). The summed E-state index contributed by atoms with van der Waals surface area (Å²) < 4.78 is 5.64. The van der Waals surface area contributed by atoms with E-state index in [0.717, 1.165) is 17.7 Å². The highest BCUT2D eigenvalue weighted by Crippen LogP contribution is 2.37. The maximum Gasteiger partial charge on any atom is 0.268 e. The van der Waals surface area contributed by atoms with Gasteiger partial charge in [0, 0.05) is 4.88 Å². The Bertz CT molecular complexity index is 845. The van der Waals surface area contributed by atoms with Crippen LogP contribution in [0, 0.1) is 5.92 Å². The molecule has 1 aliphatic heterocycles. The zero-order valence-corrected chi connectivity index (χ0v) is 14.8. The fourth-order valence-electron chi connectivity index (χ4n) is 3.52. The van der Waals surface area contributed by atoms with Crippen LogP contribution in [-0.4, -0.2) is 24.5 Å². The zero-order valence-electron chi connectivity index (χ0n) is 14.0. The molecule has 5 nitrogen and oxygen atoms in total. The number of carbonyl (C=O) groups excluding carboxylic acids is 2. The molecule has 2 aliphatic rings. The van der Waals surface area contributed by atoms with E-state index < -0.39 is 12.0 Å². The van der Waals surface area contributed by atoms with Crippen LogP contribution in [0.1, 0.15) is 33.5 Å². The van der Waals surface area contributed by atoms with Crippen molar-refractivity contribution in [1.82, 2.24) is 0 Å². The van der Waals surface area contributed by atoms with Gasteiger partial charge in [0.15, 0.2) is 6.10 Å². The summed E-state index contributed by atoms with van der Waals surface area (Å²) in [5, 5.41) is 0. The molecule has 25 heavy (non-hydrogen) atoms. The van der Waals surface area contributed by atoms with Gasteiger partial charge in [-0.15, -0.1) is 11.3 Å². The molecular weight excluding hydrogens is 336 g/mol. The summed E-state index contributed by atoms with van der Waals surface area (Å²) in [5.74, 6) is 0.523. The third-order valence-electron chi connectivity index (χ3n) is 4.88. The molecule has 0 spiro atoms. The highest BCUT2D eigenvalue weighted by Gasteiger charge is 2.34. The summed E-state index contributed by atoms with van der Waals surface area (Å²) in [7, 11) is 0. The molecule has 0 bridgehead atoms. The Hall–Kier alpha value is -2.34. The molecular formula is C19H20N2O3S. The summed E-state index contributed by atoms with van der Waals surface area (Å²) in [6, 6.07) is 9.28. The van der Waals surface area contributed by atoms with Gasteiger partial charge in [-0.05, 0) is 48.9 Å². The Kier molecular flexibility index (Phi) is 4.00. The quantitative estimate of drug-likeness (QED) is 0.899. The number of benzene rings is 1. The van der Waals surface area contributed by atoms with E-state index in [1.165, 1.54) is 16.9 Å². The molecule has 0 saturated carbocycles. The molecule has 0 radical (unpaired) electrons. The number of nitrogens with two attached hydrogens (primary N) is 1. The van der Waals surface area contributed by atoms with Crippen LogP contribution in [0.5, 0.6) is 5.75 Å². The van der Waals surface area contributed by atoms with Crippen molar-refractivity contribution in [2.24, 2.45) is 11.7 Å². The highest BCUT2D eigenvalue weighted by atomic mass is 32.1. The van der Waals surface area contributed by atoms with Crippen LogP contribution in [0.25, 0.3) is 0 Å². The van der Waals surface area contributed by atoms with Gasteiger partial charge in [0.1, 0.15) is 5.75 Å². The van der Waals surface area contributed by atoms with Crippen LogP contribution >= 0.6 is 11.3 Å². The van der Waals surface area contributed by atoms with Crippen LogP contribution in [0.2, 0.25) is 0 Å². The smallest absolute Gasteiger partial charge is 0.268 e. The minimum atomic E-state index is -0.826. The molecule has 0 saturated heterocycles. The lowest BCUT2D eigenvalue weighted by molar-refractivity contribution is -0.124. The van der Waals surface area contributed by atoms with E-state index in [9.17, 15) is 9.59 Å². The number of fused-ring (bicyclic) bond motifs is 2. The maximum atomic E-state index is 13.2. The van der Waals surface area contributed by atoms with Crippen LogP contribution in [0.4, 0.5) is 5.69 Å². The number of ether oxygens (including phenoxy) is 1. The predicted molar refractivity (Wildman–Crippen MR) is 97.2 cm³/mol. The summed E-state index contributed by atoms with van der Waals surface area (Å²) in [6.07, 6.45) is 2.42. The van der Waals surface area contributed by atoms with Gasteiger partial charge in [-0.25, -0.2) is 0 Å². The zero-order chi connectivity index (χ0) is 17.6. The van der Waals surface area contributed by atoms with E-state index in [-0.39, 0.29) is 12.5 Å². The van der Waals surface area contributed by atoms with E-state index in [4.69, 9.17) is 10.5 Å². The van der Waals surface area contributed by atoms with Gasteiger partial charge in [0.05, 0.1) is 17.1 Å². The second-order valence-corrected chi connectivity index (χ2v) is 7.94. The molecule has 0 fully saturated rings. The first-order valence-corrected chi connectivity index (χ1v) is 9.33. The van der Waals surface area contributed by atoms with Crippen molar-refractivity contribution in [3.63, 3.8) is 0 Å². The fourth-order valence-corrected chi connectivity index (χ4v) is 4.68. The van der Waals surface area contributed by atoms with Gasteiger partial charge in [0.2, 0.25) is 0 Å². The number of thiophene rings is 1. The molecule has 130 valence electrons. The minimum absolute atomic E-state index is 0.0888. The lowest BCUT2D eigenvalue weighted by Crippen LogP contribution is -2.49. The first-order chi connectivity index (χ1) is 12.0. The lowest BCUT2D eigenvalue weighted by Gasteiger charge is -2.33. The number of nitrogens with zero attached hydrogens (tertiary/aromatic N) is 1. The van der Waals surface area contributed by atoms with Gasteiger partial charge in [-0.3, -0.25) is 14.5 Å². The van der Waals surface area contributed by atoms with E-state index >= 15 is 0 Å². The molecule has 6 heteroatoms. The number of primary amides is 1. The number of hydrogen-bond donors (Lipinski definition) is 1. The van der Waals surface area contributed by atoms with E-state index in [2.05, 4.69) is 6.92 Å². The standard InChI is InChI=1S/C19H20N2O3S/c1-11-6-7-16-12(8-11)9-17(25-16)19(23)21-10-15(18(20)22)24-14-5-3-2-4-13(14)21/h2-5,9,11,15H,6-8,10H2,1H3,(H2,20,22)/t11-,15-/m1/s1. The number of hydrogen-bond acceptors (Lipinski definition) is 4. The van der Waals surface area contributed by atoms with Crippen molar-refractivity contribution in [1.29, 1.82) is 0 Å². The SMILES string of the molecule is C[C@@H]1CCc2sc(C(=O)N3C[C@H](C(N)=O)Oc4ccccc43)cc2C1. The second-order valence-electron chi connectivity index (χ2n) is 6.80. The maximum absolute atomic E-state index is 13.2. The lowest BCUT2D eigenvalue weighted by atomic mass is 9.90. The summed E-state index contributed by atoms with van der Waals surface area (Å²) in [6.45, 7) is 2.39. The third kappa shape index (κ3) is 2.91. The Morgan fingerprint density at radius 2 is 2.12 bits per heavy atom. The molecule has 2 atom stereocenters. The monoisotopic (exact) mass is 356 g/mol. The van der Waals surface area contributed by atoms with E-state index in [1.54, 1.807) is 22.3 Å². The van der Waals surface area contributed by atoms with Crippen molar-refractivity contribution < 1.29 is 14.3 Å². The molecule has 1 aliphatic carbocycles. The number of rotatable bonds is 2. The second kappa shape index (κ2) is 6.19. The van der Waals surface area contributed by atoms with Gasteiger partial charge < -0.3 is 10.5 Å². The van der Waals surface area contributed by atoms with Crippen LogP contribution < -0.4 is 15.4 Å². The number of aryl methyl sites for hydroxylation is 1. The molecule has 2 aromatic rings. The number of carbonyl (C=O) groups is 2. The largest absolute Gasteiger partial charge is 0.477 e. The summed E-state index contributed by atoms with van der Waals surface area (Å²) >= 11 is 1.58. The van der Waals surface area contributed by atoms with E-state index in [1.807, 2.05) is 24.3 Å². The molecule has 2 amide bonds. The normalized spacial score (nSPS) is 21.9. The van der Waals surface area contributed by atoms with Gasteiger partial charge in [-0.1, -0.05) is 19.1 Å². The third-order valence-corrected chi connectivity index (χ3v) is 6.10. The first-order valence-electron chi connectivity index (χ1n) is 8.51. The fraction of sp³-hybridized carbons (Fsp3) is 0.368. The van der Waals surface area contributed by atoms with E-state index in [0.29, 0.717) is 17.4 Å². The van der Waals surface area contributed by atoms with Crippen LogP contribution in [-0.2, 0) is 17.6 Å². The average Bonchev–Trinajstić information content (AvgIpc) is 3.03. The van der Waals surface area contributed by atoms with Gasteiger partial charge in [-0.2, -0.15) is 0 Å². The summed E-state index contributed by atoms with van der Waals surface area (Å²) in [4.78, 5) is 28.4. The Labute approximate surface area is 150 Å². The molecule has 1 aromatic carbocycles. The number of anilines is 1. The van der Waals surface area contributed by atoms with Crippen molar-refractivity contribution in [3.05, 3.63) is 45.6 Å². The van der Waals surface area contributed by atoms with Crippen molar-refractivity contribution in [2.45, 2.75) is 32.3 Å². The Balaban J connectivity index is 1.68. The topological polar surface area (TPSA) is 72.6 Å². The van der Waals surface area contributed by atoms with Crippen LogP contribution in [0.15, 0.2) is 30.3 Å². The molecule has 2 N–H and O–H groups in total. The average molecular weight is 356 g/mol. The van der Waals surface area contributed by atoms with Gasteiger partial charge >= 0.3 is 0 Å². The molecule has 2 heterocycles. The van der Waals surface area contributed by atoms with Crippen LogP contribution in [0.3, 0.4) is 0 Å². The van der Waals surface area contributed by atoms with Crippen molar-refractivity contribution in [3.8, 4) is 5.75 Å². The number of amides is 2. The van der Waals surface area contributed by atoms with Crippen molar-refractivity contribution in [2.75, 3.05) is 11.4 Å². The molecule has 0 unspecified atom stereocenters. The summed E-state index contributed by atoms with van der Waals surface area (Å²) in [5.41, 5.74) is 7.40. The van der Waals surface area contributed by atoms with Gasteiger partial charge in [0.25, 0.3) is 11.8 Å². The first kappa shape index (κ1) is 16.1.